The number of hydrogen-bond donors (Lipinski definition) is 2. The maximum atomic E-state index is 11.7. The first-order chi connectivity index (χ1) is 7.90. The fraction of sp³-hybridized carbons (Fsp3) is 0.727. The Kier molecular flexibility index (Phi) is 4.72. The Hall–Kier alpha value is -1.79. The lowest BCUT2D eigenvalue weighted by Crippen LogP contribution is -2.55. The molecule has 0 saturated carbocycles. The summed E-state index contributed by atoms with van der Waals surface area (Å²) in [6.07, 6.45) is -1.59. The summed E-state index contributed by atoms with van der Waals surface area (Å²) in [7, 11) is 1.20. The van der Waals surface area contributed by atoms with Gasteiger partial charge in [0, 0.05) is 7.05 Å². The Bertz CT molecular complexity index is 359. The smallest absolute Gasteiger partial charge is 0.410 e. The van der Waals surface area contributed by atoms with E-state index >= 15 is 0 Å². The predicted octanol–water partition coefficient (Wildman–Crippen LogP) is 1.17. The highest BCUT2D eigenvalue weighted by Gasteiger charge is 2.43. The molecule has 0 aliphatic carbocycles. The molecule has 0 radical (unpaired) electrons. The number of ether oxygens (including phenoxy) is 1. The Morgan fingerprint density at radius 1 is 1.11 bits per heavy atom. The van der Waals surface area contributed by atoms with Crippen molar-refractivity contribution in [3.05, 3.63) is 0 Å². The molecule has 7 nitrogen and oxygen atoms in total. The van der Waals surface area contributed by atoms with Gasteiger partial charge in [0.05, 0.1) is 6.42 Å². The van der Waals surface area contributed by atoms with Crippen LogP contribution in [0.2, 0.25) is 0 Å². The Labute approximate surface area is 105 Å². The lowest BCUT2D eigenvalue weighted by atomic mass is 9.96. The molecule has 0 rings (SSSR count). The van der Waals surface area contributed by atoms with Gasteiger partial charge in [-0.3, -0.25) is 9.69 Å². The summed E-state index contributed by atoms with van der Waals surface area (Å²) in [6, 6.07) is 0. The maximum Gasteiger partial charge on any atom is 0.410 e. The third-order valence-corrected chi connectivity index (χ3v) is 2.36. The van der Waals surface area contributed by atoms with Crippen molar-refractivity contribution in [3.8, 4) is 0 Å². The summed E-state index contributed by atoms with van der Waals surface area (Å²) in [5.41, 5.74) is -2.64. The van der Waals surface area contributed by atoms with Gasteiger partial charge in [-0.25, -0.2) is 9.59 Å². The first-order valence-corrected chi connectivity index (χ1v) is 5.32. The molecule has 0 heterocycles. The van der Waals surface area contributed by atoms with E-state index in [2.05, 4.69) is 0 Å². The molecular weight excluding hydrogens is 242 g/mol. The molecular formula is C11H19NO6. The molecule has 0 aromatic rings. The van der Waals surface area contributed by atoms with Crippen molar-refractivity contribution in [2.24, 2.45) is 0 Å². The highest BCUT2D eigenvalue weighted by atomic mass is 16.6. The number of likely N-dealkylation sites (N-methyl/N-ethyl adjacent to an activating group) is 1. The summed E-state index contributed by atoms with van der Waals surface area (Å²) in [5, 5.41) is 17.8. The molecule has 0 unspecified atom stereocenters. The molecule has 18 heavy (non-hydrogen) atoms. The first kappa shape index (κ1) is 16.2. The van der Waals surface area contributed by atoms with E-state index in [1.807, 2.05) is 0 Å². The fourth-order valence-corrected chi connectivity index (χ4v) is 1.16. The fourth-order valence-electron chi connectivity index (χ4n) is 1.16. The van der Waals surface area contributed by atoms with Gasteiger partial charge in [-0.05, 0) is 27.7 Å². The minimum atomic E-state index is -1.85. The van der Waals surface area contributed by atoms with Crippen LogP contribution in [-0.2, 0) is 14.3 Å². The van der Waals surface area contributed by atoms with Crippen LogP contribution >= 0.6 is 0 Å². The zero-order chi connectivity index (χ0) is 14.7. The quantitative estimate of drug-likeness (QED) is 0.787. The number of carbonyl (C=O) groups excluding carboxylic acids is 1. The first-order valence-electron chi connectivity index (χ1n) is 5.32. The average molecular weight is 261 g/mol. The van der Waals surface area contributed by atoms with Gasteiger partial charge in [0.1, 0.15) is 5.60 Å². The van der Waals surface area contributed by atoms with Crippen molar-refractivity contribution in [1.82, 2.24) is 4.90 Å². The average Bonchev–Trinajstić information content (AvgIpc) is 2.12. The van der Waals surface area contributed by atoms with Crippen molar-refractivity contribution in [3.63, 3.8) is 0 Å². The number of hydrogen-bond acceptors (Lipinski definition) is 4. The van der Waals surface area contributed by atoms with Crippen molar-refractivity contribution >= 4 is 18.0 Å². The van der Waals surface area contributed by atoms with E-state index in [9.17, 15) is 14.4 Å². The topological polar surface area (TPSA) is 104 Å². The van der Waals surface area contributed by atoms with E-state index in [-0.39, 0.29) is 0 Å². The van der Waals surface area contributed by atoms with Gasteiger partial charge in [0.2, 0.25) is 0 Å². The van der Waals surface area contributed by atoms with Crippen LogP contribution in [0.25, 0.3) is 0 Å². The zero-order valence-corrected chi connectivity index (χ0v) is 11.2. The molecule has 2 N–H and O–H groups in total. The third-order valence-electron chi connectivity index (χ3n) is 2.36. The Morgan fingerprint density at radius 2 is 1.56 bits per heavy atom. The zero-order valence-electron chi connectivity index (χ0n) is 11.2. The van der Waals surface area contributed by atoms with Crippen LogP contribution in [0.3, 0.4) is 0 Å². The van der Waals surface area contributed by atoms with E-state index in [0.717, 1.165) is 11.8 Å². The number of carboxylic acids is 2. The highest BCUT2D eigenvalue weighted by molar-refractivity contribution is 5.88. The normalized spacial score (nSPS) is 14.5. The lowest BCUT2D eigenvalue weighted by Gasteiger charge is -2.35. The van der Waals surface area contributed by atoms with Crippen molar-refractivity contribution in [2.75, 3.05) is 7.05 Å². The van der Waals surface area contributed by atoms with Crippen LogP contribution in [0.15, 0.2) is 0 Å². The molecule has 1 atom stereocenters. The number of nitrogens with zero attached hydrogens (tertiary/aromatic N) is 1. The van der Waals surface area contributed by atoms with Crippen LogP contribution in [0, 0.1) is 0 Å². The Balaban J connectivity index is 5.09. The van der Waals surface area contributed by atoms with Crippen molar-refractivity contribution in [2.45, 2.75) is 45.3 Å². The summed E-state index contributed by atoms with van der Waals surface area (Å²) < 4.78 is 5.01. The van der Waals surface area contributed by atoms with Crippen LogP contribution in [0.5, 0.6) is 0 Å². The van der Waals surface area contributed by atoms with Crippen LogP contribution in [-0.4, -0.2) is 51.3 Å². The summed E-state index contributed by atoms with van der Waals surface area (Å²) in [5.74, 6) is -2.71. The van der Waals surface area contributed by atoms with Gasteiger partial charge in [0.25, 0.3) is 0 Å². The molecule has 1 amide bonds. The number of carbonyl (C=O) groups is 3. The molecule has 0 saturated heterocycles. The molecule has 7 heteroatoms. The van der Waals surface area contributed by atoms with Gasteiger partial charge < -0.3 is 14.9 Å². The second kappa shape index (κ2) is 5.24. The van der Waals surface area contributed by atoms with E-state index in [0.29, 0.717) is 0 Å². The van der Waals surface area contributed by atoms with Crippen molar-refractivity contribution < 1.29 is 29.3 Å². The van der Waals surface area contributed by atoms with E-state index in [4.69, 9.17) is 14.9 Å². The molecule has 104 valence electrons. The van der Waals surface area contributed by atoms with Crippen LogP contribution < -0.4 is 0 Å². The van der Waals surface area contributed by atoms with Gasteiger partial charge in [-0.15, -0.1) is 0 Å². The second-order valence-electron chi connectivity index (χ2n) is 5.19. The van der Waals surface area contributed by atoms with Crippen LogP contribution in [0.1, 0.15) is 34.1 Å². The van der Waals surface area contributed by atoms with Gasteiger partial charge >= 0.3 is 18.0 Å². The standard InChI is InChI=1S/C11H19NO6/c1-10(2,3)18-9(17)12(5)11(4,8(15)16)6-7(13)14/h6H2,1-5H3,(H,13,14)(H,15,16)/t11-/m1/s1. The van der Waals surface area contributed by atoms with E-state index in [1.54, 1.807) is 20.8 Å². The van der Waals surface area contributed by atoms with Gasteiger partial charge in [-0.2, -0.15) is 0 Å². The highest BCUT2D eigenvalue weighted by Crippen LogP contribution is 2.21. The van der Waals surface area contributed by atoms with Crippen LogP contribution in [0.4, 0.5) is 4.79 Å². The number of amides is 1. The molecule has 0 spiro atoms. The monoisotopic (exact) mass is 261 g/mol. The number of aliphatic carboxylic acids is 2. The number of rotatable bonds is 4. The molecule has 0 aliphatic rings. The largest absolute Gasteiger partial charge is 0.481 e. The van der Waals surface area contributed by atoms with Gasteiger partial charge in [0.15, 0.2) is 5.54 Å². The molecule has 0 bridgehead atoms. The van der Waals surface area contributed by atoms with E-state index in [1.165, 1.54) is 7.05 Å². The molecule has 0 aromatic heterocycles. The maximum absolute atomic E-state index is 11.7. The lowest BCUT2D eigenvalue weighted by molar-refractivity contribution is -0.155. The third kappa shape index (κ3) is 4.23. The van der Waals surface area contributed by atoms with Gasteiger partial charge in [-0.1, -0.05) is 0 Å². The summed E-state index contributed by atoms with van der Waals surface area (Å²) >= 11 is 0. The molecule has 0 aromatic carbocycles. The summed E-state index contributed by atoms with van der Waals surface area (Å²) in [6.45, 7) is 6.06. The minimum absolute atomic E-state index is 0.710. The molecule has 0 fully saturated rings. The second-order valence-corrected chi connectivity index (χ2v) is 5.19. The van der Waals surface area contributed by atoms with E-state index < -0.39 is 35.6 Å². The molecule has 0 aliphatic heterocycles. The minimum Gasteiger partial charge on any atom is -0.481 e. The predicted molar refractivity (Wildman–Crippen MR) is 62.3 cm³/mol. The number of carboxylic acid groups (broad SMARTS) is 2. The van der Waals surface area contributed by atoms with Crippen molar-refractivity contribution in [1.29, 1.82) is 0 Å². The SMILES string of the molecule is CN(C(=O)OC(C)(C)C)[C@](C)(CC(=O)O)C(=O)O. The summed E-state index contributed by atoms with van der Waals surface area (Å²) in [4.78, 5) is 34.4. The Morgan fingerprint density at radius 3 is 1.83 bits per heavy atom.